The van der Waals surface area contributed by atoms with Crippen LogP contribution in [0.3, 0.4) is 0 Å². The van der Waals surface area contributed by atoms with E-state index in [1.54, 1.807) is 51.5 Å². The Hall–Kier alpha value is -3.43. The number of likely N-dealkylation sites (tertiary alicyclic amines) is 1. The van der Waals surface area contributed by atoms with Crippen molar-refractivity contribution in [3.05, 3.63) is 53.6 Å². The molecule has 2 aromatic carbocycles. The number of carbonyl (C=O) groups excluding carboxylic acids is 3. The van der Waals surface area contributed by atoms with Crippen molar-refractivity contribution in [2.24, 2.45) is 11.8 Å². The van der Waals surface area contributed by atoms with Crippen molar-refractivity contribution < 1.29 is 29.0 Å². The number of fused-ring (bicyclic) bond motifs is 4. The van der Waals surface area contributed by atoms with E-state index in [1.807, 2.05) is 12.1 Å². The first-order valence-electron chi connectivity index (χ1n) is 11.3. The van der Waals surface area contributed by atoms with Crippen LogP contribution in [0.4, 0.5) is 5.69 Å². The van der Waals surface area contributed by atoms with Gasteiger partial charge in [-0.2, -0.15) is 0 Å². The number of aliphatic hydroxyl groups excluding tert-OH is 1. The lowest BCUT2D eigenvalue weighted by Gasteiger charge is -2.30. The van der Waals surface area contributed by atoms with E-state index in [-0.39, 0.29) is 18.4 Å². The molecule has 3 aliphatic rings. The summed E-state index contributed by atoms with van der Waals surface area (Å²) >= 11 is 0. The smallest absolute Gasteiger partial charge is 0.250 e. The number of carbonyl (C=O) groups is 3. The molecule has 5 rings (SSSR count). The summed E-state index contributed by atoms with van der Waals surface area (Å²) in [5.74, 6) is -1.78. The summed E-state index contributed by atoms with van der Waals surface area (Å²) in [4.78, 5) is 41.7. The molecule has 2 saturated heterocycles. The molecular formula is C25H27N3O6. The number of amides is 3. The van der Waals surface area contributed by atoms with Crippen molar-refractivity contribution in [1.29, 1.82) is 0 Å². The molecule has 9 heteroatoms. The Balaban J connectivity index is 1.47. The lowest BCUT2D eigenvalue weighted by Crippen LogP contribution is -2.54. The number of methoxy groups -OCH3 is 2. The maximum Gasteiger partial charge on any atom is 0.250 e. The fourth-order valence-corrected chi connectivity index (χ4v) is 5.66. The lowest BCUT2D eigenvalue weighted by atomic mass is 9.76. The molecular weight excluding hydrogens is 438 g/mol. The number of anilines is 1. The average molecular weight is 466 g/mol. The van der Waals surface area contributed by atoms with Gasteiger partial charge in [0.1, 0.15) is 5.54 Å². The fraction of sp³-hybridized carbons (Fsp3) is 0.400. The van der Waals surface area contributed by atoms with Crippen molar-refractivity contribution >= 4 is 23.4 Å². The first kappa shape index (κ1) is 22.4. The minimum absolute atomic E-state index is 0.159. The second-order valence-electron chi connectivity index (χ2n) is 8.99. The van der Waals surface area contributed by atoms with Gasteiger partial charge in [0.25, 0.3) is 0 Å². The molecule has 3 aliphatic heterocycles. The molecule has 3 heterocycles. The van der Waals surface area contributed by atoms with Crippen molar-refractivity contribution in [3.8, 4) is 11.5 Å². The molecule has 5 atom stereocenters. The Labute approximate surface area is 197 Å². The minimum atomic E-state index is -1.40. The molecule has 0 saturated carbocycles. The summed E-state index contributed by atoms with van der Waals surface area (Å²) in [5, 5.41) is 16.5. The molecule has 3 N–H and O–H groups in total. The molecule has 9 nitrogen and oxygen atoms in total. The van der Waals surface area contributed by atoms with Crippen LogP contribution >= 0.6 is 0 Å². The largest absolute Gasteiger partial charge is 0.493 e. The Morgan fingerprint density at radius 2 is 1.79 bits per heavy atom. The van der Waals surface area contributed by atoms with Crippen molar-refractivity contribution in [1.82, 2.24) is 10.2 Å². The van der Waals surface area contributed by atoms with Crippen molar-refractivity contribution in [2.75, 3.05) is 26.1 Å². The van der Waals surface area contributed by atoms with E-state index in [2.05, 4.69) is 10.6 Å². The van der Waals surface area contributed by atoms with Gasteiger partial charge >= 0.3 is 0 Å². The highest BCUT2D eigenvalue weighted by molar-refractivity contribution is 6.15. The maximum atomic E-state index is 13.7. The van der Waals surface area contributed by atoms with E-state index in [0.29, 0.717) is 29.2 Å². The van der Waals surface area contributed by atoms with E-state index in [9.17, 15) is 19.5 Å². The zero-order chi connectivity index (χ0) is 24.2. The summed E-state index contributed by atoms with van der Waals surface area (Å²) in [6, 6.07) is 11.9. The van der Waals surface area contributed by atoms with Gasteiger partial charge < -0.3 is 19.9 Å². The highest BCUT2D eigenvalue weighted by Gasteiger charge is 2.70. The predicted molar refractivity (Wildman–Crippen MR) is 122 cm³/mol. The second kappa shape index (κ2) is 8.11. The van der Waals surface area contributed by atoms with Crippen LogP contribution in [-0.2, 0) is 26.3 Å². The Kier molecular flexibility index (Phi) is 5.33. The SMILES string of the molecule is COc1ccc(CCN2C(=O)[C@H]3C(C(C)O)NC4(C(=O)Nc5ccccc54)[C@H]3C2=O)cc1OC. The van der Waals surface area contributed by atoms with Gasteiger partial charge in [-0.05, 0) is 37.1 Å². The fourth-order valence-electron chi connectivity index (χ4n) is 5.66. The molecule has 0 bridgehead atoms. The molecule has 2 fully saturated rings. The summed E-state index contributed by atoms with van der Waals surface area (Å²) in [6.45, 7) is 1.72. The Bertz CT molecular complexity index is 1180. The normalized spacial score (nSPS) is 28.2. The van der Waals surface area contributed by atoms with Gasteiger partial charge in [-0.15, -0.1) is 0 Å². The molecule has 3 amide bonds. The first-order valence-corrected chi connectivity index (χ1v) is 11.3. The summed E-state index contributed by atoms with van der Waals surface area (Å²) < 4.78 is 10.6. The minimum Gasteiger partial charge on any atom is -0.493 e. The molecule has 34 heavy (non-hydrogen) atoms. The molecule has 0 aromatic heterocycles. The lowest BCUT2D eigenvalue weighted by molar-refractivity contribution is -0.143. The summed E-state index contributed by atoms with van der Waals surface area (Å²) in [7, 11) is 3.10. The third kappa shape index (κ3) is 3.04. The van der Waals surface area contributed by atoms with Crippen LogP contribution in [0.1, 0.15) is 18.1 Å². The number of benzene rings is 2. The molecule has 1 spiro atoms. The quantitative estimate of drug-likeness (QED) is 0.546. The number of hydrogen-bond acceptors (Lipinski definition) is 7. The molecule has 178 valence electrons. The topological polar surface area (TPSA) is 117 Å². The summed E-state index contributed by atoms with van der Waals surface area (Å²) in [6.07, 6.45) is -0.519. The summed E-state index contributed by atoms with van der Waals surface area (Å²) in [5.41, 5.74) is 0.711. The predicted octanol–water partition coefficient (Wildman–Crippen LogP) is 1.05. The highest BCUT2D eigenvalue weighted by atomic mass is 16.5. The van der Waals surface area contributed by atoms with Crippen LogP contribution in [0.5, 0.6) is 11.5 Å². The third-order valence-electron chi connectivity index (χ3n) is 7.24. The first-order chi connectivity index (χ1) is 16.3. The third-order valence-corrected chi connectivity index (χ3v) is 7.24. The number of rotatable bonds is 6. The number of nitrogens with zero attached hydrogens (tertiary/aromatic N) is 1. The molecule has 3 unspecified atom stereocenters. The van der Waals surface area contributed by atoms with Crippen LogP contribution < -0.4 is 20.1 Å². The van der Waals surface area contributed by atoms with E-state index < -0.39 is 35.4 Å². The number of hydrogen-bond donors (Lipinski definition) is 3. The Morgan fingerprint density at radius 3 is 2.50 bits per heavy atom. The van der Waals surface area contributed by atoms with Gasteiger partial charge in [0.2, 0.25) is 17.7 Å². The number of para-hydroxylation sites is 1. The van der Waals surface area contributed by atoms with Crippen LogP contribution in [0.25, 0.3) is 0 Å². The van der Waals surface area contributed by atoms with Gasteiger partial charge in [-0.3, -0.25) is 24.6 Å². The van der Waals surface area contributed by atoms with Gasteiger partial charge in [-0.25, -0.2) is 0 Å². The van der Waals surface area contributed by atoms with Crippen molar-refractivity contribution in [2.45, 2.75) is 31.0 Å². The number of ether oxygens (including phenoxy) is 2. The molecule has 0 radical (unpaired) electrons. The van der Waals surface area contributed by atoms with Crippen LogP contribution in [0, 0.1) is 11.8 Å². The van der Waals surface area contributed by atoms with E-state index in [4.69, 9.17) is 9.47 Å². The van der Waals surface area contributed by atoms with E-state index in [0.717, 1.165) is 5.56 Å². The van der Waals surface area contributed by atoms with Gasteiger partial charge in [0.05, 0.1) is 32.2 Å². The molecule has 0 aliphatic carbocycles. The van der Waals surface area contributed by atoms with E-state index >= 15 is 0 Å². The number of nitrogens with one attached hydrogen (secondary N) is 2. The van der Waals surface area contributed by atoms with Gasteiger partial charge in [-0.1, -0.05) is 24.3 Å². The second-order valence-corrected chi connectivity index (χ2v) is 8.99. The molecule has 2 aromatic rings. The van der Waals surface area contributed by atoms with Crippen LogP contribution in [0.15, 0.2) is 42.5 Å². The number of imide groups is 1. The zero-order valence-corrected chi connectivity index (χ0v) is 19.2. The number of aliphatic hydroxyl groups is 1. The van der Waals surface area contributed by atoms with Gasteiger partial charge in [0.15, 0.2) is 11.5 Å². The standard InChI is InChI=1S/C25H27N3O6/c1-13(29)21-19-20(25(27-21)15-6-4-5-7-16(15)26-24(25)32)23(31)28(22(19)30)11-10-14-8-9-17(33-2)18(12-14)34-3/h4-9,12-13,19-21,27,29H,10-11H2,1-3H3,(H,26,32)/t13?,19-,20-,21?,25?/m1/s1. The van der Waals surface area contributed by atoms with E-state index in [1.165, 1.54) is 4.90 Å². The average Bonchev–Trinajstić information content (AvgIpc) is 3.42. The van der Waals surface area contributed by atoms with Crippen LogP contribution in [0.2, 0.25) is 0 Å². The maximum absolute atomic E-state index is 13.7. The van der Waals surface area contributed by atoms with Crippen molar-refractivity contribution in [3.63, 3.8) is 0 Å². The highest BCUT2D eigenvalue weighted by Crippen LogP contribution is 2.53. The van der Waals surface area contributed by atoms with Gasteiger partial charge in [0, 0.05) is 23.8 Å². The Morgan fingerprint density at radius 1 is 1.06 bits per heavy atom. The van der Waals surface area contributed by atoms with Crippen LogP contribution in [-0.4, -0.2) is 60.6 Å². The zero-order valence-electron chi connectivity index (χ0n) is 19.2. The monoisotopic (exact) mass is 465 g/mol.